The fraction of sp³-hybridized carbons (Fsp3) is 0.300. The van der Waals surface area contributed by atoms with Crippen LogP contribution >= 0.6 is 0 Å². The molecule has 5 heteroatoms. The van der Waals surface area contributed by atoms with Crippen molar-refractivity contribution in [3.63, 3.8) is 0 Å². The van der Waals surface area contributed by atoms with E-state index in [2.05, 4.69) is 5.48 Å². The summed E-state index contributed by atoms with van der Waals surface area (Å²) >= 11 is 0. The minimum absolute atomic E-state index is 0.0379. The van der Waals surface area contributed by atoms with Crippen LogP contribution in [0, 0.1) is 0 Å². The molecule has 1 aliphatic rings. The van der Waals surface area contributed by atoms with Gasteiger partial charge in [-0.3, -0.25) is 9.63 Å². The Balaban J connectivity index is 2.20. The highest BCUT2D eigenvalue weighted by Crippen LogP contribution is 2.21. The number of hydrogen-bond donors (Lipinski definition) is 2. The lowest BCUT2D eigenvalue weighted by Gasteiger charge is -2.14. The number of nitrogens with zero attached hydrogens (tertiary/aromatic N) is 1. The Hall–Kier alpha value is -1.43. The molecule has 0 spiro atoms. The van der Waals surface area contributed by atoms with Gasteiger partial charge in [0.25, 0.3) is 5.91 Å². The van der Waals surface area contributed by atoms with Crippen molar-refractivity contribution in [3.05, 3.63) is 29.8 Å². The second-order valence-corrected chi connectivity index (χ2v) is 3.28. The van der Waals surface area contributed by atoms with E-state index in [0.29, 0.717) is 25.3 Å². The Morgan fingerprint density at radius 1 is 1.53 bits per heavy atom. The highest BCUT2D eigenvalue weighted by Gasteiger charge is 2.23. The molecule has 2 rings (SSSR count). The molecule has 1 aromatic rings. The lowest BCUT2D eigenvalue weighted by atomic mass is 10.2. The van der Waals surface area contributed by atoms with Gasteiger partial charge in [-0.25, -0.2) is 5.48 Å². The number of amides is 1. The molecule has 0 bridgehead atoms. The summed E-state index contributed by atoms with van der Waals surface area (Å²) in [6.07, 6.45) is 0.419. The summed E-state index contributed by atoms with van der Waals surface area (Å²) in [4.78, 5) is 16.6. The number of carbonyl (C=O) groups excluding carboxylic acids is 1. The monoisotopic (exact) mass is 208 g/mol. The average Bonchev–Trinajstić information content (AvgIpc) is 2.65. The Labute approximate surface area is 87.2 Å². The maximum absolute atomic E-state index is 11.4. The van der Waals surface area contributed by atoms with Gasteiger partial charge in [-0.15, -0.1) is 0 Å². The number of anilines is 1. The van der Waals surface area contributed by atoms with Gasteiger partial charge in [0.2, 0.25) is 0 Å². The number of hydroxylamine groups is 2. The zero-order chi connectivity index (χ0) is 10.7. The van der Waals surface area contributed by atoms with E-state index >= 15 is 0 Å². The smallest absolute Gasteiger partial charge is 0.253 e. The van der Waals surface area contributed by atoms with Crippen LogP contribution < -0.4 is 10.5 Å². The summed E-state index contributed by atoms with van der Waals surface area (Å²) < 4.78 is 0. The number of carbonyl (C=O) groups is 1. The molecule has 1 saturated heterocycles. The molecule has 1 amide bonds. The molecule has 1 aromatic carbocycles. The molecule has 1 aliphatic heterocycles. The second-order valence-electron chi connectivity index (χ2n) is 3.28. The molecule has 0 radical (unpaired) electrons. The van der Waals surface area contributed by atoms with E-state index in [-0.39, 0.29) is 5.91 Å². The summed E-state index contributed by atoms with van der Waals surface area (Å²) in [5.41, 5.74) is 3.66. The molecule has 2 N–H and O–H groups in total. The quantitative estimate of drug-likeness (QED) is 0.722. The first kappa shape index (κ1) is 10.1. The second kappa shape index (κ2) is 4.39. The van der Waals surface area contributed by atoms with Crippen molar-refractivity contribution in [1.82, 2.24) is 5.48 Å². The lowest BCUT2D eigenvalue weighted by molar-refractivity contribution is -0.119. The Bertz CT molecular complexity index is 367. The Morgan fingerprint density at radius 2 is 2.40 bits per heavy atom. The topological polar surface area (TPSA) is 61.8 Å². The highest BCUT2D eigenvalue weighted by atomic mass is 16.7. The van der Waals surface area contributed by atoms with Crippen LogP contribution in [0.5, 0.6) is 0 Å². The molecule has 0 atom stereocenters. The van der Waals surface area contributed by atoms with Gasteiger partial charge in [0.05, 0.1) is 18.7 Å². The summed E-state index contributed by atoms with van der Waals surface area (Å²) in [5.74, 6) is -0.0379. The van der Waals surface area contributed by atoms with Crippen molar-refractivity contribution in [2.75, 3.05) is 11.7 Å². The molecule has 80 valence electrons. The molecule has 15 heavy (non-hydrogen) atoms. The van der Waals surface area contributed by atoms with Crippen molar-refractivity contribution < 1.29 is 14.8 Å². The zero-order valence-corrected chi connectivity index (χ0v) is 8.14. The molecule has 0 unspecified atom stereocenters. The largest absolute Gasteiger partial charge is 0.316 e. The summed E-state index contributed by atoms with van der Waals surface area (Å²) in [5, 5.41) is 9.86. The van der Waals surface area contributed by atoms with Gasteiger partial charge in [0, 0.05) is 6.54 Å². The minimum atomic E-state index is -0.0379. The van der Waals surface area contributed by atoms with Crippen LogP contribution in [0.1, 0.15) is 12.0 Å². The van der Waals surface area contributed by atoms with Gasteiger partial charge in [-0.1, -0.05) is 12.1 Å². The van der Waals surface area contributed by atoms with E-state index in [1.165, 1.54) is 5.06 Å². The molecule has 5 nitrogen and oxygen atoms in total. The van der Waals surface area contributed by atoms with Gasteiger partial charge in [0.1, 0.15) is 0 Å². The third kappa shape index (κ3) is 2.15. The van der Waals surface area contributed by atoms with Gasteiger partial charge < -0.3 is 5.21 Å². The molecule has 0 aliphatic carbocycles. The van der Waals surface area contributed by atoms with Crippen molar-refractivity contribution in [1.29, 1.82) is 0 Å². The molecule has 1 fully saturated rings. The fourth-order valence-electron chi connectivity index (χ4n) is 1.50. The summed E-state index contributed by atoms with van der Waals surface area (Å²) in [7, 11) is 0. The van der Waals surface area contributed by atoms with E-state index in [1.54, 1.807) is 12.1 Å². The highest BCUT2D eigenvalue weighted by molar-refractivity contribution is 5.92. The first-order chi connectivity index (χ1) is 7.31. The van der Waals surface area contributed by atoms with Crippen molar-refractivity contribution in [2.24, 2.45) is 0 Å². The fourth-order valence-corrected chi connectivity index (χ4v) is 1.50. The third-order valence-corrected chi connectivity index (χ3v) is 2.19. The van der Waals surface area contributed by atoms with Gasteiger partial charge >= 0.3 is 0 Å². The van der Waals surface area contributed by atoms with Gasteiger partial charge in [-0.05, 0) is 17.7 Å². The van der Waals surface area contributed by atoms with Crippen LogP contribution in [-0.4, -0.2) is 17.7 Å². The van der Waals surface area contributed by atoms with Crippen molar-refractivity contribution >= 4 is 11.6 Å². The van der Waals surface area contributed by atoms with E-state index in [9.17, 15) is 4.79 Å². The maximum atomic E-state index is 11.4. The normalized spacial score (nSPS) is 16.1. The summed E-state index contributed by atoms with van der Waals surface area (Å²) in [6.45, 7) is 0.775. The molecule has 1 heterocycles. The van der Waals surface area contributed by atoms with Crippen LogP contribution in [0.15, 0.2) is 24.3 Å². The Kier molecular flexibility index (Phi) is 2.96. The molecular formula is C10H12N2O3. The third-order valence-electron chi connectivity index (χ3n) is 2.19. The number of hydrogen-bond acceptors (Lipinski definition) is 4. The van der Waals surface area contributed by atoms with E-state index in [0.717, 1.165) is 5.56 Å². The number of rotatable bonds is 3. The van der Waals surface area contributed by atoms with Gasteiger partial charge in [0.15, 0.2) is 0 Å². The first-order valence-corrected chi connectivity index (χ1v) is 4.73. The molecule has 0 aromatic heterocycles. The summed E-state index contributed by atoms with van der Waals surface area (Å²) in [6, 6.07) is 7.26. The Morgan fingerprint density at radius 3 is 3.07 bits per heavy atom. The van der Waals surface area contributed by atoms with E-state index in [1.807, 2.05) is 12.1 Å². The van der Waals surface area contributed by atoms with Crippen LogP contribution in [0.3, 0.4) is 0 Å². The van der Waals surface area contributed by atoms with Crippen LogP contribution in [0.25, 0.3) is 0 Å². The predicted octanol–water partition coefficient (Wildman–Crippen LogP) is 0.834. The minimum Gasteiger partial charge on any atom is -0.316 e. The van der Waals surface area contributed by atoms with Crippen LogP contribution in [0.4, 0.5) is 5.69 Å². The van der Waals surface area contributed by atoms with Crippen molar-refractivity contribution in [2.45, 2.75) is 13.0 Å². The SMILES string of the molecule is O=C1CCON1c1cccc(CNO)c1. The van der Waals surface area contributed by atoms with Gasteiger partial charge in [-0.2, -0.15) is 5.06 Å². The number of nitrogens with one attached hydrogen (secondary N) is 1. The first-order valence-electron chi connectivity index (χ1n) is 4.73. The standard InChI is InChI=1S/C10H12N2O3/c13-10-4-5-15-12(10)9-3-1-2-8(6-9)7-11-14/h1-3,6,11,14H,4-5,7H2. The molecule has 0 saturated carbocycles. The van der Waals surface area contributed by atoms with Crippen LogP contribution in [-0.2, 0) is 16.2 Å². The van der Waals surface area contributed by atoms with Crippen molar-refractivity contribution in [3.8, 4) is 0 Å². The average molecular weight is 208 g/mol. The number of benzene rings is 1. The zero-order valence-electron chi connectivity index (χ0n) is 8.14. The lowest BCUT2D eigenvalue weighted by Crippen LogP contribution is -2.22. The predicted molar refractivity (Wildman–Crippen MR) is 53.1 cm³/mol. The van der Waals surface area contributed by atoms with E-state index in [4.69, 9.17) is 10.0 Å². The van der Waals surface area contributed by atoms with E-state index < -0.39 is 0 Å². The molecular weight excluding hydrogens is 196 g/mol. The van der Waals surface area contributed by atoms with Crippen LogP contribution in [0.2, 0.25) is 0 Å². The maximum Gasteiger partial charge on any atom is 0.253 e.